The number of alkyl halides is 3. The van der Waals surface area contributed by atoms with Gasteiger partial charge >= 0.3 is 6.18 Å². The van der Waals surface area contributed by atoms with Gasteiger partial charge in [-0.15, -0.1) is 0 Å². The molecule has 0 fully saturated rings. The molecule has 1 aromatic carbocycles. The Bertz CT molecular complexity index is 679. The van der Waals surface area contributed by atoms with Crippen LogP contribution in [0.25, 0.3) is 10.9 Å². The molecule has 1 atom stereocenters. The quantitative estimate of drug-likeness (QED) is 0.910. The molecule has 7 heteroatoms. The number of likely N-dealkylation sites (N-methyl/N-ethyl adjacent to an activating group) is 1. The molecule has 2 rings (SSSR count). The average Bonchev–Trinajstić information content (AvgIpc) is 2.82. The molecule has 2 N–H and O–H groups in total. The Morgan fingerprint density at radius 1 is 1.41 bits per heavy atom. The van der Waals surface area contributed by atoms with Crippen LogP contribution in [-0.4, -0.2) is 46.8 Å². The van der Waals surface area contributed by atoms with E-state index >= 15 is 0 Å². The summed E-state index contributed by atoms with van der Waals surface area (Å²) in [5.74, 6) is -0.479. The number of halogens is 3. The van der Waals surface area contributed by atoms with E-state index in [1.165, 1.54) is 7.05 Å². The zero-order chi connectivity index (χ0) is 16.5. The number of nitrogens with zero attached hydrogens (tertiary/aromatic N) is 1. The Balaban J connectivity index is 2.11. The monoisotopic (exact) mass is 314 g/mol. The third-order valence-electron chi connectivity index (χ3n) is 3.59. The molecule has 0 radical (unpaired) electrons. The highest BCUT2D eigenvalue weighted by Gasteiger charge is 2.39. The number of aliphatic hydroxyl groups is 1. The van der Waals surface area contributed by atoms with Gasteiger partial charge in [-0.2, -0.15) is 13.2 Å². The van der Waals surface area contributed by atoms with Crippen molar-refractivity contribution in [2.75, 3.05) is 13.6 Å². The van der Waals surface area contributed by atoms with Gasteiger partial charge < -0.3 is 15.0 Å². The summed E-state index contributed by atoms with van der Waals surface area (Å²) in [6.07, 6.45) is -5.60. The first kappa shape index (κ1) is 16.4. The first-order valence-electron chi connectivity index (χ1n) is 6.74. The van der Waals surface area contributed by atoms with Crippen molar-refractivity contribution in [3.63, 3.8) is 0 Å². The predicted octanol–water partition coefficient (Wildman–Crippen LogP) is 2.40. The topological polar surface area (TPSA) is 56.3 Å². The number of benzene rings is 1. The molecule has 2 aromatic rings. The molecule has 0 saturated carbocycles. The molecule has 1 aromatic heterocycles. The zero-order valence-electron chi connectivity index (χ0n) is 12.2. The van der Waals surface area contributed by atoms with Gasteiger partial charge in [-0.25, -0.2) is 0 Å². The minimum Gasteiger partial charge on any atom is -0.382 e. The van der Waals surface area contributed by atoms with Gasteiger partial charge in [0.05, 0.1) is 13.0 Å². The van der Waals surface area contributed by atoms with Crippen LogP contribution in [0, 0.1) is 6.92 Å². The molecule has 0 saturated heterocycles. The highest BCUT2D eigenvalue weighted by atomic mass is 19.4. The lowest BCUT2D eigenvalue weighted by Crippen LogP contribution is -2.42. The lowest BCUT2D eigenvalue weighted by molar-refractivity contribution is -0.207. The molecule has 1 heterocycles. The van der Waals surface area contributed by atoms with E-state index in [0.717, 1.165) is 26.9 Å². The molecular formula is C15H17F3N2O2. The lowest BCUT2D eigenvalue weighted by atomic mass is 10.0. The number of carbonyl (C=O) groups excluding carboxylic acids is 1. The summed E-state index contributed by atoms with van der Waals surface area (Å²) in [4.78, 5) is 16.0. The number of aromatic nitrogens is 1. The van der Waals surface area contributed by atoms with Gasteiger partial charge in [0.25, 0.3) is 0 Å². The highest BCUT2D eigenvalue weighted by molar-refractivity contribution is 5.91. The van der Waals surface area contributed by atoms with Gasteiger partial charge in [0.1, 0.15) is 0 Å². The fourth-order valence-corrected chi connectivity index (χ4v) is 2.35. The minimum absolute atomic E-state index is 0.0219. The maximum Gasteiger partial charge on any atom is 0.416 e. The number of fused-ring (bicyclic) bond motifs is 1. The molecule has 0 aliphatic rings. The number of hydrogen-bond acceptors (Lipinski definition) is 2. The second-order valence-corrected chi connectivity index (χ2v) is 5.32. The smallest absolute Gasteiger partial charge is 0.382 e. The first-order valence-corrected chi connectivity index (χ1v) is 6.74. The summed E-state index contributed by atoms with van der Waals surface area (Å²) in [6, 6.07) is 5.65. The van der Waals surface area contributed by atoms with Crippen molar-refractivity contribution in [3.8, 4) is 0 Å². The fraction of sp³-hybridized carbons (Fsp3) is 0.400. The van der Waals surface area contributed by atoms with Crippen molar-refractivity contribution in [1.82, 2.24) is 9.88 Å². The van der Waals surface area contributed by atoms with Gasteiger partial charge in [0.2, 0.25) is 5.91 Å². The van der Waals surface area contributed by atoms with Crippen molar-refractivity contribution in [2.24, 2.45) is 0 Å². The molecule has 120 valence electrons. The van der Waals surface area contributed by atoms with Gasteiger partial charge in [-0.1, -0.05) is 12.1 Å². The Morgan fingerprint density at radius 3 is 2.73 bits per heavy atom. The number of aromatic amines is 1. The van der Waals surface area contributed by atoms with E-state index in [2.05, 4.69) is 4.98 Å². The third kappa shape index (κ3) is 3.41. The highest BCUT2D eigenvalue weighted by Crippen LogP contribution is 2.23. The van der Waals surface area contributed by atoms with E-state index in [4.69, 9.17) is 5.11 Å². The maximum atomic E-state index is 12.3. The van der Waals surface area contributed by atoms with Crippen molar-refractivity contribution in [3.05, 3.63) is 35.5 Å². The molecule has 0 aliphatic heterocycles. The molecule has 0 aliphatic carbocycles. The Morgan fingerprint density at radius 2 is 2.09 bits per heavy atom. The van der Waals surface area contributed by atoms with Crippen molar-refractivity contribution < 1.29 is 23.1 Å². The second kappa shape index (κ2) is 6.00. The van der Waals surface area contributed by atoms with Crippen LogP contribution in [0.15, 0.2) is 24.4 Å². The van der Waals surface area contributed by atoms with Crippen LogP contribution >= 0.6 is 0 Å². The fourth-order valence-electron chi connectivity index (χ4n) is 2.35. The number of H-pyrrole nitrogens is 1. The number of amides is 1. The Labute approximate surface area is 125 Å². The summed E-state index contributed by atoms with van der Waals surface area (Å²) in [5.41, 5.74) is 2.59. The molecular weight excluding hydrogens is 297 g/mol. The number of hydrogen-bond donors (Lipinski definition) is 2. The van der Waals surface area contributed by atoms with Crippen molar-refractivity contribution in [2.45, 2.75) is 25.6 Å². The third-order valence-corrected chi connectivity index (χ3v) is 3.59. The van der Waals surface area contributed by atoms with Crippen LogP contribution < -0.4 is 0 Å². The zero-order valence-corrected chi connectivity index (χ0v) is 12.2. The molecule has 0 bridgehead atoms. The predicted molar refractivity (Wildman–Crippen MR) is 76.4 cm³/mol. The first-order chi connectivity index (χ1) is 10.2. The van der Waals surface area contributed by atoms with E-state index in [1.807, 2.05) is 25.1 Å². The number of carbonyl (C=O) groups is 1. The molecule has 1 amide bonds. The van der Waals surface area contributed by atoms with E-state index in [9.17, 15) is 18.0 Å². The number of aryl methyl sites for hydroxylation is 1. The molecule has 0 spiro atoms. The number of rotatable bonds is 4. The second-order valence-electron chi connectivity index (χ2n) is 5.32. The van der Waals surface area contributed by atoms with E-state index in [1.54, 1.807) is 6.20 Å². The van der Waals surface area contributed by atoms with E-state index in [-0.39, 0.29) is 6.42 Å². The van der Waals surface area contributed by atoms with E-state index < -0.39 is 24.7 Å². The van der Waals surface area contributed by atoms with Crippen LogP contribution in [0.4, 0.5) is 13.2 Å². The summed E-state index contributed by atoms with van der Waals surface area (Å²) < 4.78 is 37.0. The van der Waals surface area contributed by atoms with Gasteiger partial charge in [0.15, 0.2) is 6.10 Å². The van der Waals surface area contributed by atoms with Crippen LogP contribution in [0.3, 0.4) is 0 Å². The van der Waals surface area contributed by atoms with Crippen LogP contribution in [0.2, 0.25) is 0 Å². The normalized spacial score (nSPS) is 13.4. The average molecular weight is 314 g/mol. The molecule has 22 heavy (non-hydrogen) atoms. The summed E-state index contributed by atoms with van der Waals surface area (Å²) in [5, 5.41) is 9.93. The van der Waals surface area contributed by atoms with Gasteiger partial charge in [-0.05, 0) is 24.1 Å². The molecule has 4 nitrogen and oxygen atoms in total. The SMILES string of the molecule is Cc1cccc2[nH]cc(CC(=O)N(C)CC(O)C(F)(F)F)c12. The van der Waals surface area contributed by atoms with Crippen LogP contribution in [-0.2, 0) is 11.2 Å². The van der Waals surface area contributed by atoms with Gasteiger partial charge in [0, 0.05) is 24.1 Å². The summed E-state index contributed by atoms with van der Waals surface area (Å²) >= 11 is 0. The van der Waals surface area contributed by atoms with Crippen molar-refractivity contribution >= 4 is 16.8 Å². The Kier molecular flexibility index (Phi) is 4.46. The standard InChI is InChI=1S/C15H17F3N2O2/c1-9-4-3-5-11-14(9)10(7-19-11)6-13(22)20(2)8-12(21)15(16,17)18/h3-5,7,12,19,21H,6,8H2,1-2H3. The summed E-state index contributed by atoms with van der Waals surface area (Å²) in [7, 11) is 1.25. The number of aliphatic hydroxyl groups excluding tert-OH is 1. The molecule has 1 unspecified atom stereocenters. The lowest BCUT2D eigenvalue weighted by Gasteiger charge is -2.22. The van der Waals surface area contributed by atoms with E-state index in [0.29, 0.717) is 0 Å². The number of nitrogens with one attached hydrogen (secondary N) is 1. The Hall–Kier alpha value is -2.02. The summed E-state index contributed by atoms with van der Waals surface area (Å²) in [6.45, 7) is 1.13. The largest absolute Gasteiger partial charge is 0.416 e. The van der Waals surface area contributed by atoms with Crippen LogP contribution in [0.5, 0.6) is 0 Å². The minimum atomic E-state index is -4.73. The maximum absolute atomic E-state index is 12.3. The van der Waals surface area contributed by atoms with Crippen LogP contribution in [0.1, 0.15) is 11.1 Å². The van der Waals surface area contributed by atoms with Crippen molar-refractivity contribution in [1.29, 1.82) is 0 Å². The van der Waals surface area contributed by atoms with Gasteiger partial charge in [-0.3, -0.25) is 4.79 Å².